The molecule has 1 unspecified atom stereocenters. The van der Waals surface area contributed by atoms with Crippen molar-refractivity contribution in [2.24, 2.45) is 0 Å². The van der Waals surface area contributed by atoms with E-state index in [4.69, 9.17) is 4.74 Å². The normalized spacial score (nSPS) is 17.6. The summed E-state index contributed by atoms with van der Waals surface area (Å²) < 4.78 is 5.69. The van der Waals surface area contributed by atoms with Gasteiger partial charge in [-0.3, -0.25) is 9.78 Å². The molecule has 1 atom stereocenters. The van der Waals surface area contributed by atoms with Crippen molar-refractivity contribution in [3.05, 3.63) is 46.2 Å². The number of carbonyl (C=O) groups is 1. The van der Waals surface area contributed by atoms with Crippen molar-refractivity contribution in [3.63, 3.8) is 0 Å². The van der Waals surface area contributed by atoms with Crippen LogP contribution in [0, 0.1) is 6.92 Å². The SMILES string of the molecule is Cc1nc(C(=O)N(Cc2cccnc2)CC2CCCO2)cs1. The minimum atomic E-state index is -0.0382. The summed E-state index contributed by atoms with van der Waals surface area (Å²) in [5.41, 5.74) is 1.53. The highest BCUT2D eigenvalue weighted by Crippen LogP contribution is 2.18. The van der Waals surface area contributed by atoms with Gasteiger partial charge >= 0.3 is 0 Å². The molecule has 2 aromatic rings. The van der Waals surface area contributed by atoms with Gasteiger partial charge in [0, 0.05) is 37.5 Å². The van der Waals surface area contributed by atoms with Crippen LogP contribution in [-0.2, 0) is 11.3 Å². The molecule has 0 spiro atoms. The molecule has 2 aromatic heterocycles. The van der Waals surface area contributed by atoms with E-state index < -0.39 is 0 Å². The first-order valence-electron chi connectivity index (χ1n) is 7.44. The van der Waals surface area contributed by atoms with Crippen molar-refractivity contribution in [2.75, 3.05) is 13.2 Å². The van der Waals surface area contributed by atoms with E-state index in [2.05, 4.69) is 9.97 Å². The van der Waals surface area contributed by atoms with Crippen LogP contribution < -0.4 is 0 Å². The molecular weight excluding hydrogens is 298 g/mol. The average Bonchev–Trinajstić information content (AvgIpc) is 3.18. The minimum absolute atomic E-state index is 0.0382. The molecule has 1 aliphatic heterocycles. The Kier molecular flexibility index (Phi) is 4.80. The lowest BCUT2D eigenvalue weighted by Crippen LogP contribution is -2.37. The van der Waals surface area contributed by atoms with Crippen LogP contribution in [0.5, 0.6) is 0 Å². The van der Waals surface area contributed by atoms with Crippen molar-refractivity contribution in [2.45, 2.75) is 32.4 Å². The fraction of sp³-hybridized carbons (Fsp3) is 0.438. The van der Waals surface area contributed by atoms with Gasteiger partial charge in [0.15, 0.2) is 0 Å². The van der Waals surface area contributed by atoms with Crippen molar-refractivity contribution in [3.8, 4) is 0 Å². The van der Waals surface area contributed by atoms with Crippen molar-refractivity contribution in [1.29, 1.82) is 0 Å². The number of amides is 1. The molecule has 1 fully saturated rings. The fourth-order valence-corrected chi connectivity index (χ4v) is 3.18. The zero-order chi connectivity index (χ0) is 15.4. The molecule has 116 valence electrons. The number of thiazole rings is 1. The van der Waals surface area contributed by atoms with Crippen LogP contribution in [-0.4, -0.2) is 40.0 Å². The first-order valence-corrected chi connectivity index (χ1v) is 8.32. The number of aromatic nitrogens is 2. The zero-order valence-electron chi connectivity index (χ0n) is 12.6. The van der Waals surface area contributed by atoms with E-state index in [0.717, 1.165) is 30.0 Å². The molecule has 0 bridgehead atoms. The van der Waals surface area contributed by atoms with Gasteiger partial charge in [-0.25, -0.2) is 4.98 Å². The van der Waals surface area contributed by atoms with Crippen LogP contribution >= 0.6 is 11.3 Å². The molecule has 0 radical (unpaired) electrons. The molecule has 0 saturated carbocycles. The van der Waals surface area contributed by atoms with Crippen molar-refractivity contribution >= 4 is 17.2 Å². The van der Waals surface area contributed by atoms with E-state index in [1.54, 1.807) is 12.4 Å². The van der Waals surface area contributed by atoms with E-state index in [1.807, 2.05) is 29.3 Å². The minimum Gasteiger partial charge on any atom is -0.376 e. The van der Waals surface area contributed by atoms with E-state index in [-0.39, 0.29) is 12.0 Å². The summed E-state index contributed by atoms with van der Waals surface area (Å²) in [4.78, 5) is 23.0. The maximum Gasteiger partial charge on any atom is 0.273 e. The molecule has 22 heavy (non-hydrogen) atoms. The van der Waals surface area contributed by atoms with Crippen molar-refractivity contribution in [1.82, 2.24) is 14.9 Å². The standard InChI is InChI=1S/C16H19N3O2S/c1-12-18-15(11-22-12)16(20)19(10-14-5-3-7-21-14)9-13-4-2-6-17-8-13/h2,4,6,8,11,14H,3,5,7,9-10H2,1H3. The smallest absolute Gasteiger partial charge is 0.273 e. The molecule has 3 heterocycles. The third-order valence-corrected chi connectivity index (χ3v) is 4.44. The number of ether oxygens (including phenoxy) is 1. The number of rotatable bonds is 5. The first kappa shape index (κ1) is 15.1. The monoisotopic (exact) mass is 317 g/mol. The lowest BCUT2D eigenvalue weighted by Gasteiger charge is -2.24. The molecule has 6 heteroatoms. The van der Waals surface area contributed by atoms with Gasteiger partial charge in [0.2, 0.25) is 0 Å². The fourth-order valence-electron chi connectivity index (χ4n) is 2.59. The van der Waals surface area contributed by atoms with E-state index in [9.17, 15) is 4.79 Å². The second-order valence-electron chi connectivity index (χ2n) is 5.43. The Labute approximate surface area is 134 Å². The number of hydrogen-bond donors (Lipinski definition) is 0. The Bertz CT molecular complexity index is 623. The van der Waals surface area contributed by atoms with Gasteiger partial charge in [0.25, 0.3) is 5.91 Å². The highest BCUT2D eigenvalue weighted by molar-refractivity contribution is 7.09. The second-order valence-corrected chi connectivity index (χ2v) is 6.50. The summed E-state index contributed by atoms with van der Waals surface area (Å²) in [6.07, 6.45) is 5.73. The zero-order valence-corrected chi connectivity index (χ0v) is 13.4. The lowest BCUT2D eigenvalue weighted by molar-refractivity contribution is 0.0503. The van der Waals surface area contributed by atoms with Crippen molar-refractivity contribution < 1.29 is 9.53 Å². The molecule has 1 saturated heterocycles. The first-order chi connectivity index (χ1) is 10.7. The number of hydrogen-bond acceptors (Lipinski definition) is 5. The summed E-state index contributed by atoms with van der Waals surface area (Å²) in [5.74, 6) is -0.0382. The van der Waals surface area contributed by atoms with Crippen LogP contribution in [0.4, 0.5) is 0 Å². The third-order valence-electron chi connectivity index (χ3n) is 3.67. The van der Waals surface area contributed by atoms with E-state index >= 15 is 0 Å². The predicted molar refractivity (Wildman–Crippen MR) is 84.8 cm³/mol. The van der Waals surface area contributed by atoms with Crippen LogP contribution in [0.2, 0.25) is 0 Å². The lowest BCUT2D eigenvalue weighted by atomic mass is 10.2. The topological polar surface area (TPSA) is 55.3 Å². The molecular formula is C16H19N3O2S. The van der Waals surface area contributed by atoms with Gasteiger partial charge in [0.1, 0.15) is 5.69 Å². The molecule has 5 nitrogen and oxygen atoms in total. The summed E-state index contributed by atoms with van der Waals surface area (Å²) >= 11 is 1.50. The molecule has 3 rings (SSSR count). The number of carbonyl (C=O) groups excluding carboxylic acids is 1. The van der Waals surface area contributed by atoms with Crippen LogP contribution in [0.3, 0.4) is 0 Å². The largest absolute Gasteiger partial charge is 0.376 e. The second kappa shape index (κ2) is 6.98. The molecule has 0 aromatic carbocycles. The Balaban J connectivity index is 1.76. The molecule has 0 aliphatic carbocycles. The van der Waals surface area contributed by atoms with Crippen LogP contribution in [0.25, 0.3) is 0 Å². The number of nitrogens with zero attached hydrogens (tertiary/aromatic N) is 3. The molecule has 0 N–H and O–H groups in total. The predicted octanol–water partition coefficient (Wildman–Crippen LogP) is 2.67. The Hall–Kier alpha value is -1.79. The van der Waals surface area contributed by atoms with Gasteiger partial charge in [-0.05, 0) is 31.4 Å². The Morgan fingerprint density at radius 2 is 2.45 bits per heavy atom. The Morgan fingerprint density at radius 3 is 3.09 bits per heavy atom. The van der Waals surface area contributed by atoms with Crippen LogP contribution in [0.15, 0.2) is 29.9 Å². The van der Waals surface area contributed by atoms with Gasteiger partial charge in [-0.15, -0.1) is 11.3 Å². The molecule has 1 amide bonds. The van der Waals surface area contributed by atoms with E-state index in [1.165, 1.54) is 11.3 Å². The summed E-state index contributed by atoms with van der Waals surface area (Å²) in [7, 11) is 0. The van der Waals surface area contributed by atoms with Crippen LogP contribution in [0.1, 0.15) is 33.9 Å². The van der Waals surface area contributed by atoms with E-state index in [0.29, 0.717) is 18.8 Å². The maximum atomic E-state index is 12.7. The number of aryl methyl sites for hydroxylation is 1. The van der Waals surface area contributed by atoms with Gasteiger partial charge in [0.05, 0.1) is 11.1 Å². The highest BCUT2D eigenvalue weighted by atomic mass is 32.1. The van der Waals surface area contributed by atoms with Gasteiger partial charge in [-0.2, -0.15) is 0 Å². The van der Waals surface area contributed by atoms with Gasteiger partial charge in [-0.1, -0.05) is 6.07 Å². The highest BCUT2D eigenvalue weighted by Gasteiger charge is 2.24. The quantitative estimate of drug-likeness (QED) is 0.851. The summed E-state index contributed by atoms with van der Waals surface area (Å²) in [6.45, 7) is 3.83. The summed E-state index contributed by atoms with van der Waals surface area (Å²) in [5, 5.41) is 2.73. The van der Waals surface area contributed by atoms with Gasteiger partial charge < -0.3 is 9.64 Å². The maximum absolute atomic E-state index is 12.7. The Morgan fingerprint density at radius 1 is 1.55 bits per heavy atom. The summed E-state index contributed by atoms with van der Waals surface area (Å²) in [6, 6.07) is 3.87. The molecule has 1 aliphatic rings. The average molecular weight is 317 g/mol. The third kappa shape index (κ3) is 3.69. The number of pyridine rings is 1.